The molecule has 0 saturated carbocycles. The van der Waals surface area contributed by atoms with Gasteiger partial charge in [-0.1, -0.05) is 89.6 Å². The second kappa shape index (κ2) is 12.0. The normalized spacial score (nSPS) is 15.2. The molecule has 1 unspecified atom stereocenters. The molecule has 10 heteroatoms. The van der Waals surface area contributed by atoms with Crippen LogP contribution < -0.4 is 9.47 Å². The highest BCUT2D eigenvalue weighted by molar-refractivity contribution is 8.26. The first-order valence-corrected chi connectivity index (χ1v) is 13.2. The van der Waals surface area contributed by atoms with Gasteiger partial charge in [0.2, 0.25) is 0 Å². The number of rotatable bonds is 9. The summed E-state index contributed by atoms with van der Waals surface area (Å²) in [6, 6.07) is 17.8. The molecular formula is C27H21Cl2NO5S2. The van der Waals surface area contributed by atoms with Crippen LogP contribution in [-0.4, -0.2) is 32.8 Å². The van der Waals surface area contributed by atoms with Crippen molar-refractivity contribution in [3.05, 3.63) is 98.4 Å². The lowest BCUT2D eigenvalue weighted by Crippen LogP contribution is -2.37. The Hall–Kier alpha value is -3.04. The van der Waals surface area contributed by atoms with Crippen LogP contribution in [-0.2, 0) is 16.2 Å². The van der Waals surface area contributed by atoms with E-state index in [1.807, 2.05) is 6.92 Å². The number of thioether (sulfide) groups is 1. The summed E-state index contributed by atoms with van der Waals surface area (Å²) in [4.78, 5) is 26.8. The van der Waals surface area contributed by atoms with E-state index in [2.05, 4.69) is 0 Å². The third kappa shape index (κ3) is 6.10. The third-order valence-electron chi connectivity index (χ3n) is 5.43. The standard InChI is InChI=1S/C27H21Cl2NO5S2/c1-2-34-22-13-16(11-12-21(22)35-15-18-19(28)9-6-10-20(18)29)14-23-25(31)30(27(36)37-23)24(26(32)33)17-7-4-3-5-8-17/h3-14,24H,2,15H2,1H3,(H,32,33)/b23-14-. The fourth-order valence-corrected chi connectivity index (χ4v) is 5.53. The van der Waals surface area contributed by atoms with Gasteiger partial charge in [-0.25, -0.2) is 4.79 Å². The molecule has 190 valence electrons. The Balaban J connectivity index is 1.59. The fraction of sp³-hybridized carbons (Fsp3) is 0.148. The minimum atomic E-state index is -1.22. The van der Waals surface area contributed by atoms with E-state index in [0.29, 0.717) is 49.7 Å². The number of halogens is 2. The summed E-state index contributed by atoms with van der Waals surface area (Å²) in [6.45, 7) is 2.39. The predicted molar refractivity (Wildman–Crippen MR) is 150 cm³/mol. The van der Waals surface area contributed by atoms with Crippen LogP contribution in [0.4, 0.5) is 0 Å². The number of benzene rings is 3. The second-order valence-electron chi connectivity index (χ2n) is 7.83. The summed E-state index contributed by atoms with van der Waals surface area (Å²) >= 11 is 18.9. The van der Waals surface area contributed by atoms with Crippen LogP contribution >= 0.6 is 47.2 Å². The van der Waals surface area contributed by atoms with Crippen molar-refractivity contribution in [1.82, 2.24) is 4.90 Å². The van der Waals surface area contributed by atoms with Crippen molar-refractivity contribution in [2.24, 2.45) is 0 Å². The van der Waals surface area contributed by atoms with Crippen molar-refractivity contribution in [2.45, 2.75) is 19.6 Å². The largest absolute Gasteiger partial charge is 0.490 e. The molecule has 3 aromatic carbocycles. The van der Waals surface area contributed by atoms with Gasteiger partial charge in [-0.3, -0.25) is 9.69 Å². The van der Waals surface area contributed by atoms with Gasteiger partial charge in [0.25, 0.3) is 5.91 Å². The minimum Gasteiger partial charge on any atom is -0.490 e. The van der Waals surface area contributed by atoms with Crippen molar-refractivity contribution >= 4 is 69.5 Å². The molecule has 0 aromatic heterocycles. The van der Waals surface area contributed by atoms with Gasteiger partial charge in [-0.15, -0.1) is 0 Å². The Kier molecular flexibility index (Phi) is 8.76. The maximum atomic E-state index is 13.2. The molecule has 4 rings (SSSR count). The monoisotopic (exact) mass is 573 g/mol. The Morgan fingerprint density at radius 2 is 1.76 bits per heavy atom. The number of hydrogen-bond donors (Lipinski definition) is 1. The van der Waals surface area contributed by atoms with Crippen molar-refractivity contribution in [3.8, 4) is 11.5 Å². The van der Waals surface area contributed by atoms with E-state index in [1.165, 1.54) is 0 Å². The summed E-state index contributed by atoms with van der Waals surface area (Å²) in [7, 11) is 0. The van der Waals surface area contributed by atoms with E-state index in [0.717, 1.165) is 16.7 Å². The second-order valence-corrected chi connectivity index (χ2v) is 10.3. The number of thiocarbonyl (C=S) groups is 1. The fourth-order valence-electron chi connectivity index (χ4n) is 3.71. The number of carbonyl (C=O) groups is 2. The molecular weight excluding hydrogens is 553 g/mol. The number of aliphatic carboxylic acids is 1. The molecule has 1 aliphatic heterocycles. The van der Waals surface area contributed by atoms with Crippen LogP contribution in [0.25, 0.3) is 6.08 Å². The summed E-state index contributed by atoms with van der Waals surface area (Å²) in [5.74, 6) is -0.680. The minimum absolute atomic E-state index is 0.145. The summed E-state index contributed by atoms with van der Waals surface area (Å²) < 4.78 is 11.9. The molecule has 37 heavy (non-hydrogen) atoms. The number of amides is 1. The van der Waals surface area contributed by atoms with Crippen molar-refractivity contribution in [1.29, 1.82) is 0 Å². The molecule has 6 nitrogen and oxygen atoms in total. The predicted octanol–water partition coefficient (Wildman–Crippen LogP) is 7.00. The lowest BCUT2D eigenvalue weighted by molar-refractivity contribution is -0.145. The van der Waals surface area contributed by atoms with Gasteiger partial charge >= 0.3 is 5.97 Å². The molecule has 1 aliphatic rings. The van der Waals surface area contributed by atoms with E-state index < -0.39 is 17.9 Å². The van der Waals surface area contributed by atoms with Crippen LogP contribution in [0.5, 0.6) is 11.5 Å². The van der Waals surface area contributed by atoms with Crippen LogP contribution in [0.3, 0.4) is 0 Å². The molecule has 0 aliphatic carbocycles. The van der Waals surface area contributed by atoms with Crippen molar-refractivity contribution < 1.29 is 24.2 Å². The van der Waals surface area contributed by atoms with Crippen LogP contribution in [0.2, 0.25) is 10.0 Å². The van der Waals surface area contributed by atoms with E-state index >= 15 is 0 Å². The highest BCUT2D eigenvalue weighted by Gasteiger charge is 2.41. The molecule has 1 atom stereocenters. The lowest BCUT2D eigenvalue weighted by atomic mass is 10.1. The molecule has 0 spiro atoms. The highest BCUT2D eigenvalue weighted by Crippen LogP contribution is 2.39. The number of hydrogen-bond acceptors (Lipinski definition) is 6. The number of carboxylic acids is 1. The zero-order valence-corrected chi connectivity index (χ0v) is 22.7. The number of ether oxygens (including phenoxy) is 2. The maximum Gasteiger partial charge on any atom is 0.331 e. The first kappa shape index (κ1) is 27.0. The zero-order valence-electron chi connectivity index (χ0n) is 19.5. The Bertz CT molecular complexity index is 1360. The number of carboxylic acid groups (broad SMARTS) is 1. The van der Waals surface area contributed by atoms with Crippen LogP contribution in [0.1, 0.15) is 29.7 Å². The summed E-state index contributed by atoms with van der Waals surface area (Å²) in [5, 5.41) is 10.9. The van der Waals surface area contributed by atoms with E-state index in [-0.39, 0.29) is 10.9 Å². The molecule has 0 bridgehead atoms. The third-order valence-corrected chi connectivity index (χ3v) is 7.47. The molecule has 1 saturated heterocycles. The van der Waals surface area contributed by atoms with E-state index in [1.54, 1.807) is 72.8 Å². The Morgan fingerprint density at radius 1 is 1.05 bits per heavy atom. The quantitative estimate of drug-likeness (QED) is 0.218. The van der Waals surface area contributed by atoms with Gasteiger partial charge in [0, 0.05) is 15.6 Å². The van der Waals surface area contributed by atoms with E-state index in [4.69, 9.17) is 44.9 Å². The lowest BCUT2D eigenvalue weighted by Gasteiger charge is -2.23. The summed E-state index contributed by atoms with van der Waals surface area (Å²) in [6.07, 6.45) is 1.65. The van der Waals surface area contributed by atoms with Crippen molar-refractivity contribution in [3.63, 3.8) is 0 Å². The number of nitrogens with zero attached hydrogens (tertiary/aromatic N) is 1. The molecule has 1 fully saturated rings. The van der Waals surface area contributed by atoms with Gasteiger partial charge in [0.15, 0.2) is 17.5 Å². The van der Waals surface area contributed by atoms with Gasteiger partial charge in [-0.2, -0.15) is 0 Å². The molecule has 0 radical (unpaired) electrons. The maximum absolute atomic E-state index is 13.2. The topological polar surface area (TPSA) is 76.1 Å². The van der Waals surface area contributed by atoms with Crippen LogP contribution in [0, 0.1) is 0 Å². The van der Waals surface area contributed by atoms with Gasteiger partial charge in [-0.05, 0) is 48.4 Å². The molecule has 1 heterocycles. The average molecular weight is 575 g/mol. The van der Waals surface area contributed by atoms with Gasteiger partial charge in [0.05, 0.1) is 11.5 Å². The van der Waals surface area contributed by atoms with E-state index in [9.17, 15) is 14.7 Å². The van der Waals surface area contributed by atoms with Crippen molar-refractivity contribution in [2.75, 3.05) is 6.61 Å². The average Bonchev–Trinajstić information content (AvgIpc) is 3.13. The SMILES string of the molecule is CCOc1cc(/C=C2\SC(=S)N(C(C(=O)O)c3ccccc3)C2=O)ccc1OCc1c(Cl)cccc1Cl. The van der Waals surface area contributed by atoms with Gasteiger partial charge < -0.3 is 14.6 Å². The Morgan fingerprint density at radius 3 is 2.41 bits per heavy atom. The molecule has 3 aromatic rings. The smallest absolute Gasteiger partial charge is 0.331 e. The molecule has 1 N–H and O–H groups in total. The first-order chi connectivity index (χ1) is 17.8. The Labute approximate surface area is 233 Å². The van der Waals surface area contributed by atoms with Crippen LogP contribution in [0.15, 0.2) is 71.6 Å². The molecule has 1 amide bonds. The van der Waals surface area contributed by atoms with Gasteiger partial charge in [0.1, 0.15) is 10.9 Å². The number of carbonyl (C=O) groups excluding carboxylic acids is 1. The zero-order chi connectivity index (χ0) is 26.5. The summed E-state index contributed by atoms with van der Waals surface area (Å²) in [5.41, 5.74) is 1.79. The highest BCUT2D eigenvalue weighted by atomic mass is 35.5. The first-order valence-electron chi connectivity index (χ1n) is 11.2.